The maximum atomic E-state index is 13.1. The van der Waals surface area contributed by atoms with E-state index < -0.39 is 16.1 Å². The maximum absolute atomic E-state index is 13.1. The van der Waals surface area contributed by atoms with Crippen molar-refractivity contribution in [2.24, 2.45) is 0 Å². The minimum Gasteiger partial charge on any atom is -0.354 e. The summed E-state index contributed by atoms with van der Waals surface area (Å²) < 4.78 is 28.3. The fraction of sp³-hybridized carbons (Fsp3) is 0.381. The highest BCUT2D eigenvalue weighted by Crippen LogP contribution is 2.26. The smallest absolute Gasteiger partial charge is 0.243 e. The first-order valence-electron chi connectivity index (χ1n) is 9.48. The molecule has 1 atom stereocenters. The molecule has 0 radical (unpaired) electrons. The van der Waals surface area contributed by atoms with Gasteiger partial charge in [0, 0.05) is 17.6 Å². The number of carbonyl (C=O) groups excluding carboxylic acids is 1. The van der Waals surface area contributed by atoms with Crippen molar-refractivity contribution in [3.63, 3.8) is 0 Å². The van der Waals surface area contributed by atoms with Crippen molar-refractivity contribution in [1.82, 2.24) is 9.62 Å². The lowest BCUT2D eigenvalue weighted by atomic mass is 10.0. The van der Waals surface area contributed by atoms with Gasteiger partial charge in [0.2, 0.25) is 15.9 Å². The topological polar surface area (TPSA) is 66.5 Å². The third kappa shape index (κ3) is 5.01. The van der Waals surface area contributed by atoms with Gasteiger partial charge >= 0.3 is 0 Å². The average Bonchev–Trinajstić information content (AvgIpc) is 2.70. The summed E-state index contributed by atoms with van der Waals surface area (Å²) in [5, 5.41) is 2.93. The van der Waals surface area contributed by atoms with Crippen molar-refractivity contribution in [3.05, 3.63) is 64.1 Å². The van der Waals surface area contributed by atoms with E-state index in [1.54, 1.807) is 24.3 Å². The van der Waals surface area contributed by atoms with Gasteiger partial charge in [0.05, 0.1) is 4.90 Å². The number of nitrogens with zero attached hydrogens (tertiary/aromatic N) is 1. The molecule has 5 nitrogen and oxygen atoms in total. The van der Waals surface area contributed by atoms with Gasteiger partial charge in [0.25, 0.3) is 0 Å². The fourth-order valence-electron chi connectivity index (χ4n) is 3.40. The highest BCUT2D eigenvalue weighted by atomic mass is 79.9. The second-order valence-corrected chi connectivity index (χ2v) is 9.91. The van der Waals surface area contributed by atoms with E-state index in [1.807, 2.05) is 31.2 Å². The fourth-order valence-corrected chi connectivity index (χ4v) is 5.32. The van der Waals surface area contributed by atoms with Gasteiger partial charge in [-0.2, -0.15) is 4.31 Å². The third-order valence-corrected chi connectivity index (χ3v) is 7.46. The van der Waals surface area contributed by atoms with Crippen molar-refractivity contribution >= 4 is 31.9 Å². The molecule has 1 N–H and O–H groups in total. The molecule has 1 aliphatic heterocycles. The molecule has 1 heterocycles. The predicted octanol–water partition coefficient (Wildman–Crippen LogP) is 3.66. The number of hydrogen-bond acceptors (Lipinski definition) is 3. The van der Waals surface area contributed by atoms with E-state index in [2.05, 4.69) is 21.2 Å². The van der Waals surface area contributed by atoms with Crippen LogP contribution >= 0.6 is 15.9 Å². The molecule has 0 spiro atoms. The molecule has 2 aromatic carbocycles. The summed E-state index contributed by atoms with van der Waals surface area (Å²) in [4.78, 5) is 13.0. The van der Waals surface area contributed by atoms with Crippen LogP contribution in [0.2, 0.25) is 0 Å². The lowest BCUT2D eigenvalue weighted by Crippen LogP contribution is -2.52. The van der Waals surface area contributed by atoms with Gasteiger partial charge in [-0.1, -0.05) is 52.2 Å². The van der Waals surface area contributed by atoms with Crippen LogP contribution in [0.25, 0.3) is 0 Å². The number of sulfonamides is 1. The predicted molar refractivity (Wildman–Crippen MR) is 114 cm³/mol. The summed E-state index contributed by atoms with van der Waals surface area (Å²) in [7, 11) is -3.70. The number of hydrogen-bond donors (Lipinski definition) is 1. The van der Waals surface area contributed by atoms with Crippen molar-refractivity contribution in [2.75, 3.05) is 13.1 Å². The number of amides is 1. The summed E-state index contributed by atoms with van der Waals surface area (Å²) in [5.41, 5.74) is 2.35. The van der Waals surface area contributed by atoms with E-state index in [-0.39, 0.29) is 10.8 Å². The zero-order valence-corrected chi connectivity index (χ0v) is 18.3. The molecule has 150 valence electrons. The molecule has 3 rings (SSSR count). The summed E-state index contributed by atoms with van der Waals surface area (Å²) in [6.45, 7) is 2.90. The minimum absolute atomic E-state index is 0.215. The number of benzene rings is 2. The quantitative estimate of drug-likeness (QED) is 0.708. The highest BCUT2D eigenvalue weighted by Gasteiger charge is 2.37. The van der Waals surface area contributed by atoms with Crippen LogP contribution in [0, 0.1) is 6.92 Å². The van der Waals surface area contributed by atoms with Crippen LogP contribution in [0.15, 0.2) is 57.9 Å². The van der Waals surface area contributed by atoms with Crippen LogP contribution < -0.4 is 5.32 Å². The highest BCUT2D eigenvalue weighted by molar-refractivity contribution is 9.10. The molecular weight excluding hydrogens is 440 g/mol. The summed E-state index contributed by atoms with van der Waals surface area (Å²) >= 11 is 3.32. The Balaban J connectivity index is 1.67. The monoisotopic (exact) mass is 464 g/mol. The Morgan fingerprint density at radius 2 is 1.79 bits per heavy atom. The SMILES string of the molecule is Cc1ccc(CCNC(=O)[C@H]2CCCCN2S(=O)(=O)c2ccc(Br)cc2)cc1. The van der Waals surface area contributed by atoms with Crippen molar-refractivity contribution in [3.8, 4) is 0 Å². The van der Waals surface area contributed by atoms with Gasteiger partial charge < -0.3 is 5.32 Å². The van der Waals surface area contributed by atoms with E-state index >= 15 is 0 Å². The Hall–Kier alpha value is -1.70. The molecular formula is C21H25BrN2O3S. The lowest BCUT2D eigenvalue weighted by Gasteiger charge is -2.33. The second-order valence-electron chi connectivity index (χ2n) is 7.11. The Kier molecular flexibility index (Phi) is 6.91. The maximum Gasteiger partial charge on any atom is 0.243 e. The summed E-state index contributed by atoms with van der Waals surface area (Å²) in [6.07, 6.45) is 2.88. The molecule has 1 amide bonds. The van der Waals surface area contributed by atoms with Crippen molar-refractivity contribution < 1.29 is 13.2 Å². The number of nitrogens with one attached hydrogen (secondary N) is 1. The zero-order chi connectivity index (χ0) is 20.1. The van der Waals surface area contributed by atoms with Gasteiger partial charge in [0.1, 0.15) is 6.04 Å². The zero-order valence-electron chi connectivity index (χ0n) is 15.9. The van der Waals surface area contributed by atoms with E-state index in [0.717, 1.165) is 29.3 Å². The number of halogens is 1. The molecule has 0 unspecified atom stereocenters. The van der Waals surface area contributed by atoms with Crippen LogP contribution in [0.5, 0.6) is 0 Å². The number of rotatable bonds is 6. The van der Waals surface area contributed by atoms with Gasteiger partial charge in [-0.3, -0.25) is 4.79 Å². The number of carbonyl (C=O) groups is 1. The van der Waals surface area contributed by atoms with Crippen LogP contribution in [0.1, 0.15) is 30.4 Å². The average molecular weight is 465 g/mol. The minimum atomic E-state index is -3.70. The van der Waals surface area contributed by atoms with Gasteiger partial charge in [-0.25, -0.2) is 8.42 Å². The Morgan fingerprint density at radius 1 is 1.11 bits per heavy atom. The lowest BCUT2D eigenvalue weighted by molar-refractivity contribution is -0.125. The summed E-state index contributed by atoms with van der Waals surface area (Å²) in [5.74, 6) is -0.215. The standard InChI is InChI=1S/C21H25BrN2O3S/c1-16-5-7-17(8-6-16)13-14-23-21(25)20-4-2-3-15-24(20)28(26,27)19-11-9-18(22)10-12-19/h5-12,20H,2-4,13-15H2,1H3,(H,23,25)/t20-/m1/s1. The Bertz CT molecular complexity index is 912. The Morgan fingerprint density at radius 3 is 2.46 bits per heavy atom. The largest absolute Gasteiger partial charge is 0.354 e. The van der Waals surface area contributed by atoms with Gasteiger partial charge in [-0.15, -0.1) is 0 Å². The molecule has 2 aromatic rings. The van der Waals surface area contributed by atoms with Crippen molar-refractivity contribution in [1.29, 1.82) is 0 Å². The van der Waals surface area contributed by atoms with Crippen molar-refractivity contribution in [2.45, 2.75) is 43.5 Å². The Labute approximate surface area is 175 Å². The third-order valence-electron chi connectivity index (χ3n) is 5.01. The molecule has 28 heavy (non-hydrogen) atoms. The summed E-state index contributed by atoms with van der Waals surface area (Å²) in [6, 6.07) is 14.1. The molecule has 1 fully saturated rings. The van der Waals surface area contributed by atoms with Crippen LogP contribution in [0.3, 0.4) is 0 Å². The second kappa shape index (κ2) is 9.20. The van der Waals surface area contributed by atoms with Crippen LogP contribution in [-0.4, -0.2) is 37.8 Å². The first-order valence-corrected chi connectivity index (χ1v) is 11.7. The molecule has 7 heteroatoms. The van der Waals surface area contributed by atoms with Gasteiger partial charge in [0.15, 0.2) is 0 Å². The van der Waals surface area contributed by atoms with E-state index in [0.29, 0.717) is 19.5 Å². The first-order chi connectivity index (χ1) is 13.4. The molecule has 0 bridgehead atoms. The van der Waals surface area contributed by atoms with E-state index in [4.69, 9.17) is 0 Å². The van der Waals surface area contributed by atoms with E-state index in [9.17, 15) is 13.2 Å². The number of aryl methyl sites for hydroxylation is 1. The molecule has 0 aliphatic carbocycles. The molecule has 0 aromatic heterocycles. The van der Waals surface area contributed by atoms with Crippen LogP contribution in [0.4, 0.5) is 0 Å². The van der Waals surface area contributed by atoms with Gasteiger partial charge in [-0.05, 0) is 56.0 Å². The molecule has 1 saturated heterocycles. The molecule has 0 saturated carbocycles. The first kappa shape index (κ1) is 21.0. The molecule has 1 aliphatic rings. The number of piperidine rings is 1. The van der Waals surface area contributed by atoms with E-state index in [1.165, 1.54) is 9.87 Å². The normalized spacial score (nSPS) is 18.0. The van der Waals surface area contributed by atoms with Crippen LogP contribution in [-0.2, 0) is 21.2 Å².